The topological polar surface area (TPSA) is 107 Å². The molecule has 2 aromatic carbocycles. The summed E-state index contributed by atoms with van der Waals surface area (Å²) in [6, 6.07) is 16.8. The highest BCUT2D eigenvalue weighted by Crippen LogP contribution is 2.21. The third-order valence-electron chi connectivity index (χ3n) is 7.86. The van der Waals surface area contributed by atoms with E-state index in [-0.39, 0.29) is 0 Å². The number of nitrogens with zero attached hydrogens (tertiary/aromatic N) is 4. The zero-order valence-electron chi connectivity index (χ0n) is 23.0. The van der Waals surface area contributed by atoms with Crippen molar-refractivity contribution < 1.29 is 24.0 Å². The van der Waals surface area contributed by atoms with Gasteiger partial charge in [0, 0.05) is 45.0 Å². The third-order valence-corrected chi connectivity index (χ3v) is 7.86. The number of imide groups is 1. The van der Waals surface area contributed by atoms with Crippen molar-refractivity contribution in [3.05, 3.63) is 60.2 Å². The molecule has 0 bridgehead atoms. The van der Waals surface area contributed by atoms with Gasteiger partial charge in [0.25, 0.3) is 5.91 Å². The zero-order valence-corrected chi connectivity index (χ0v) is 23.0. The van der Waals surface area contributed by atoms with Crippen molar-refractivity contribution in [1.82, 2.24) is 25.5 Å². The second kappa shape index (κ2) is 13.0. The molecule has 3 heterocycles. The second-order valence-electron chi connectivity index (χ2n) is 10.5. The summed E-state index contributed by atoms with van der Waals surface area (Å²) in [5.74, 6) is 0.748. The molecule has 0 spiro atoms. The van der Waals surface area contributed by atoms with E-state index in [0.29, 0.717) is 43.7 Å². The summed E-state index contributed by atoms with van der Waals surface area (Å²) in [4.78, 5) is 49.3. The molecule has 1 unspecified atom stereocenters. The Labute approximate surface area is 234 Å². The molecule has 1 atom stereocenters. The van der Waals surface area contributed by atoms with Gasteiger partial charge in [0.05, 0.1) is 7.11 Å². The minimum absolute atomic E-state index is 0.295. The summed E-state index contributed by atoms with van der Waals surface area (Å²) in [5, 5.41) is 6.52. The predicted octanol–water partition coefficient (Wildman–Crippen LogP) is 2.29. The molecule has 5 rings (SSSR count). The average molecular weight is 551 g/mol. The lowest BCUT2D eigenvalue weighted by Crippen LogP contribution is -2.50. The summed E-state index contributed by atoms with van der Waals surface area (Å²) in [7, 11) is 1.63. The molecule has 40 heavy (non-hydrogen) atoms. The summed E-state index contributed by atoms with van der Waals surface area (Å²) >= 11 is 0. The highest BCUT2D eigenvalue weighted by Gasteiger charge is 2.42. The fraction of sp³-hybridized carbons (Fsp3) is 0.483. The molecule has 2 N–H and O–H groups in total. The number of hydrogen-bond acceptors (Lipinski definition) is 8. The highest BCUT2D eigenvalue weighted by atomic mass is 16.7. The van der Waals surface area contributed by atoms with Gasteiger partial charge in [0.1, 0.15) is 11.8 Å². The van der Waals surface area contributed by atoms with E-state index in [1.54, 1.807) is 7.11 Å². The van der Waals surface area contributed by atoms with Gasteiger partial charge in [-0.3, -0.25) is 9.69 Å². The number of ether oxygens (including phenoxy) is 1. The molecule has 0 saturated carbocycles. The molecular formula is C29H38N6O5. The largest absolute Gasteiger partial charge is 0.497 e. The van der Waals surface area contributed by atoms with Crippen LogP contribution in [-0.4, -0.2) is 98.4 Å². The summed E-state index contributed by atoms with van der Waals surface area (Å²) < 4.78 is 5.20. The fourth-order valence-electron chi connectivity index (χ4n) is 5.43. The number of rotatable bonds is 9. The summed E-state index contributed by atoms with van der Waals surface area (Å²) in [6.07, 6.45) is 1.47. The maximum Gasteiger partial charge on any atom is 0.434 e. The lowest BCUT2D eigenvalue weighted by atomic mass is 9.96. The second-order valence-corrected chi connectivity index (χ2v) is 10.5. The van der Waals surface area contributed by atoms with Gasteiger partial charge in [-0.1, -0.05) is 35.4 Å². The van der Waals surface area contributed by atoms with Crippen molar-refractivity contribution >= 4 is 23.7 Å². The summed E-state index contributed by atoms with van der Waals surface area (Å²) in [5.41, 5.74) is 2.37. The fourth-order valence-corrected chi connectivity index (χ4v) is 5.43. The number of hydroxylamine groups is 2. The van der Waals surface area contributed by atoms with Crippen LogP contribution in [0.3, 0.4) is 0 Å². The first kappa shape index (κ1) is 27.7. The van der Waals surface area contributed by atoms with Crippen LogP contribution in [0.1, 0.15) is 18.4 Å². The molecule has 11 nitrogen and oxygen atoms in total. The molecule has 4 amide bonds. The van der Waals surface area contributed by atoms with Crippen LogP contribution in [0.15, 0.2) is 54.6 Å². The molecule has 0 aromatic heterocycles. The van der Waals surface area contributed by atoms with Gasteiger partial charge in [-0.2, -0.15) is 0 Å². The Morgan fingerprint density at radius 3 is 2.30 bits per heavy atom. The van der Waals surface area contributed by atoms with Crippen LogP contribution in [0, 0.1) is 5.92 Å². The van der Waals surface area contributed by atoms with E-state index in [4.69, 9.17) is 9.57 Å². The first-order valence-electron chi connectivity index (χ1n) is 14.0. The smallest absolute Gasteiger partial charge is 0.434 e. The number of likely N-dealkylation sites (tertiary alicyclic amines) is 1. The number of hydrogen-bond donors (Lipinski definition) is 2. The number of benzene rings is 2. The number of urea groups is 1. The standard InChI is InChI=1S/C29H38N6O5/c1-39-25-9-7-24(8-10-25)33-15-17-34(18-16-33)29(38)40-35-27(36)26(31-28(35)37)20-30-19-22-11-13-32(14-12-22)21-23-5-3-2-4-6-23/h2-10,22,26,30H,11-21H2,1H3,(H,31,37). The Balaban J connectivity index is 1.00. The number of carbonyl (C=O) groups is 3. The number of anilines is 1. The van der Waals surface area contributed by atoms with Crippen LogP contribution < -0.4 is 20.3 Å². The van der Waals surface area contributed by atoms with E-state index in [9.17, 15) is 14.4 Å². The molecule has 3 saturated heterocycles. The van der Waals surface area contributed by atoms with E-state index in [1.165, 1.54) is 10.5 Å². The predicted molar refractivity (Wildman–Crippen MR) is 150 cm³/mol. The maximum atomic E-state index is 12.8. The van der Waals surface area contributed by atoms with Gasteiger partial charge in [-0.25, -0.2) is 9.59 Å². The van der Waals surface area contributed by atoms with Crippen LogP contribution in [0.4, 0.5) is 15.3 Å². The number of nitrogens with one attached hydrogen (secondary N) is 2. The molecule has 3 aliphatic heterocycles. The van der Waals surface area contributed by atoms with Crippen LogP contribution in [0.25, 0.3) is 0 Å². The normalized spacial score (nSPS) is 20.5. The lowest BCUT2D eigenvalue weighted by molar-refractivity contribution is -0.151. The first-order valence-corrected chi connectivity index (χ1v) is 14.0. The van der Waals surface area contributed by atoms with Gasteiger partial charge in [-0.15, -0.1) is 0 Å². The molecular weight excluding hydrogens is 512 g/mol. The number of piperazine rings is 1. The first-order chi connectivity index (χ1) is 19.5. The Bertz CT molecular complexity index is 1150. The van der Waals surface area contributed by atoms with Gasteiger partial charge < -0.3 is 30.0 Å². The van der Waals surface area contributed by atoms with Crippen molar-refractivity contribution in [2.75, 3.05) is 64.4 Å². The minimum Gasteiger partial charge on any atom is -0.497 e. The van der Waals surface area contributed by atoms with E-state index in [0.717, 1.165) is 50.5 Å². The Morgan fingerprint density at radius 1 is 0.925 bits per heavy atom. The maximum absolute atomic E-state index is 12.8. The summed E-state index contributed by atoms with van der Waals surface area (Å²) in [6.45, 7) is 6.18. The van der Waals surface area contributed by atoms with Crippen molar-refractivity contribution in [1.29, 1.82) is 0 Å². The molecule has 214 valence electrons. The third kappa shape index (κ3) is 6.83. The van der Waals surface area contributed by atoms with Crippen LogP contribution in [0.5, 0.6) is 5.75 Å². The van der Waals surface area contributed by atoms with E-state index >= 15 is 0 Å². The number of amides is 4. The Kier molecular flexibility index (Phi) is 9.02. The molecule has 0 aliphatic carbocycles. The van der Waals surface area contributed by atoms with Crippen molar-refractivity contribution in [3.63, 3.8) is 0 Å². The van der Waals surface area contributed by atoms with Crippen LogP contribution in [0.2, 0.25) is 0 Å². The van der Waals surface area contributed by atoms with Gasteiger partial charge in [0.15, 0.2) is 0 Å². The number of methoxy groups -OCH3 is 1. The molecule has 3 fully saturated rings. The number of carbonyl (C=O) groups excluding carboxylic acids is 3. The van der Waals surface area contributed by atoms with Gasteiger partial charge >= 0.3 is 12.1 Å². The van der Waals surface area contributed by atoms with Crippen LogP contribution >= 0.6 is 0 Å². The van der Waals surface area contributed by atoms with Crippen molar-refractivity contribution in [2.45, 2.75) is 25.4 Å². The molecule has 3 aliphatic rings. The van der Waals surface area contributed by atoms with Gasteiger partial charge in [-0.05, 0) is 68.2 Å². The van der Waals surface area contributed by atoms with E-state index in [2.05, 4.69) is 44.7 Å². The molecule has 2 aromatic rings. The monoisotopic (exact) mass is 550 g/mol. The average Bonchev–Trinajstić information content (AvgIpc) is 3.26. The van der Waals surface area contributed by atoms with Crippen molar-refractivity contribution in [3.8, 4) is 5.75 Å². The van der Waals surface area contributed by atoms with E-state index < -0.39 is 24.1 Å². The minimum atomic E-state index is -0.759. The molecule has 0 radical (unpaired) electrons. The van der Waals surface area contributed by atoms with E-state index in [1.807, 2.05) is 30.3 Å². The number of piperidine rings is 1. The zero-order chi connectivity index (χ0) is 27.9. The highest BCUT2D eigenvalue weighted by molar-refractivity contribution is 6.04. The Morgan fingerprint density at radius 2 is 1.62 bits per heavy atom. The Hall–Kier alpha value is -3.83. The quantitative estimate of drug-likeness (QED) is 0.458. The lowest BCUT2D eigenvalue weighted by Gasteiger charge is -2.35. The van der Waals surface area contributed by atoms with Crippen LogP contribution in [-0.2, 0) is 16.2 Å². The SMILES string of the molecule is COc1ccc(N2CCN(C(=O)ON3C(=O)NC(CNCC4CCN(Cc5ccccc5)CC4)C3=O)CC2)cc1. The molecule has 11 heteroatoms. The van der Waals surface area contributed by atoms with Crippen molar-refractivity contribution in [2.24, 2.45) is 5.92 Å². The van der Waals surface area contributed by atoms with Gasteiger partial charge in [0.2, 0.25) is 0 Å².